The van der Waals surface area contributed by atoms with E-state index in [4.69, 9.17) is 11.6 Å². The van der Waals surface area contributed by atoms with Gasteiger partial charge in [-0.15, -0.1) is 11.8 Å². The molecule has 0 aliphatic carbocycles. The predicted octanol–water partition coefficient (Wildman–Crippen LogP) is 5.36. The Bertz CT molecular complexity index is 620. The molecule has 6 heteroatoms. The number of hydrogen-bond acceptors (Lipinski definition) is 3. The molecule has 0 bridgehead atoms. The van der Waals surface area contributed by atoms with Crippen LogP contribution in [0.1, 0.15) is 25.4 Å². The van der Waals surface area contributed by atoms with Crippen molar-refractivity contribution in [2.75, 3.05) is 0 Å². The maximum Gasteiger partial charge on any atom is 0.146 e. The van der Waals surface area contributed by atoms with E-state index >= 15 is 0 Å². The summed E-state index contributed by atoms with van der Waals surface area (Å²) in [6.45, 7) is 4.30. The third-order valence-electron chi connectivity index (χ3n) is 2.71. The third kappa shape index (κ3) is 5.07. The van der Waals surface area contributed by atoms with E-state index in [1.165, 1.54) is 12.1 Å². The first-order chi connectivity index (χ1) is 9.95. The summed E-state index contributed by atoms with van der Waals surface area (Å²) in [7, 11) is 0. The molecule has 0 radical (unpaired) electrons. The first-order valence-electron chi connectivity index (χ1n) is 6.55. The quantitative estimate of drug-likeness (QED) is 0.358. The highest BCUT2D eigenvalue weighted by molar-refractivity contribution is 14.1. The minimum atomic E-state index is -0.230. The van der Waals surface area contributed by atoms with Crippen LogP contribution >= 0.6 is 46.0 Å². The van der Waals surface area contributed by atoms with Crippen molar-refractivity contribution in [2.24, 2.45) is 5.92 Å². The molecule has 2 nitrogen and oxygen atoms in total. The molecular formula is C15H15ClFIN2S. The molecule has 0 fully saturated rings. The van der Waals surface area contributed by atoms with Gasteiger partial charge in [-0.05, 0) is 59.2 Å². The topological polar surface area (TPSA) is 25.8 Å². The first kappa shape index (κ1) is 17.0. The molecule has 2 rings (SSSR count). The van der Waals surface area contributed by atoms with Crippen LogP contribution in [0.2, 0.25) is 5.15 Å². The number of rotatable bonds is 5. The van der Waals surface area contributed by atoms with Crippen LogP contribution in [0.25, 0.3) is 0 Å². The Morgan fingerprint density at radius 1 is 1.24 bits per heavy atom. The van der Waals surface area contributed by atoms with Gasteiger partial charge in [-0.1, -0.05) is 25.4 Å². The van der Waals surface area contributed by atoms with E-state index < -0.39 is 0 Å². The van der Waals surface area contributed by atoms with Crippen LogP contribution in [0.15, 0.2) is 29.2 Å². The van der Waals surface area contributed by atoms with Gasteiger partial charge in [-0.25, -0.2) is 14.4 Å². The van der Waals surface area contributed by atoms with Gasteiger partial charge in [0.25, 0.3) is 0 Å². The van der Waals surface area contributed by atoms with E-state index in [-0.39, 0.29) is 5.82 Å². The Morgan fingerprint density at radius 3 is 2.52 bits per heavy atom. The van der Waals surface area contributed by atoms with Crippen LogP contribution in [0.4, 0.5) is 4.39 Å². The second-order valence-corrected chi connectivity index (χ2v) is 7.52. The summed E-state index contributed by atoms with van der Waals surface area (Å²) in [6.07, 6.45) is 0.884. The Balaban J connectivity index is 2.12. The van der Waals surface area contributed by atoms with Crippen LogP contribution in [0.3, 0.4) is 0 Å². The minimum absolute atomic E-state index is 0.230. The fraction of sp³-hybridized carbons (Fsp3) is 0.333. The van der Waals surface area contributed by atoms with Gasteiger partial charge < -0.3 is 0 Å². The zero-order chi connectivity index (χ0) is 15.4. The summed E-state index contributed by atoms with van der Waals surface area (Å²) in [5.74, 6) is 1.62. The highest BCUT2D eigenvalue weighted by atomic mass is 127. The molecule has 0 saturated heterocycles. The smallest absolute Gasteiger partial charge is 0.146 e. The van der Waals surface area contributed by atoms with Crippen molar-refractivity contribution in [2.45, 2.75) is 30.9 Å². The maximum atomic E-state index is 12.9. The number of benzene rings is 1. The van der Waals surface area contributed by atoms with Crippen molar-refractivity contribution in [3.8, 4) is 0 Å². The standard InChI is InChI=1S/C15H15ClFIN2S/c1-9(2)7-12-14(18)15(16)20-13(19-12)8-21-11-5-3-10(17)4-6-11/h3-6,9H,7-8H2,1-2H3. The van der Waals surface area contributed by atoms with Gasteiger partial charge >= 0.3 is 0 Å². The van der Waals surface area contributed by atoms with Crippen LogP contribution in [0.5, 0.6) is 0 Å². The molecule has 0 aliphatic rings. The number of hydrogen-bond donors (Lipinski definition) is 0. The van der Waals surface area contributed by atoms with Crippen molar-refractivity contribution >= 4 is 46.0 Å². The van der Waals surface area contributed by atoms with Crippen LogP contribution < -0.4 is 0 Å². The summed E-state index contributed by atoms with van der Waals surface area (Å²) in [6, 6.07) is 6.41. The Labute approximate surface area is 147 Å². The van der Waals surface area contributed by atoms with Crippen molar-refractivity contribution in [3.63, 3.8) is 0 Å². The average Bonchev–Trinajstić information content (AvgIpc) is 2.43. The highest BCUT2D eigenvalue weighted by Crippen LogP contribution is 2.25. The lowest BCUT2D eigenvalue weighted by Gasteiger charge is -2.10. The molecule has 21 heavy (non-hydrogen) atoms. The summed E-state index contributed by atoms with van der Waals surface area (Å²) in [5, 5.41) is 0.510. The molecule has 0 N–H and O–H groups in total. The van der Waals surface area contributed by atoms with Crippen molar-refractivity contribution in [3.05, 3.63) is 50.3 Å². The number of nitrogens with zero attached hydrogens (tertiary/aromatic N) is 2. The van der Waals surface area contributed by atoms with Crippen molar-refractivity contribution in [1.82, 2.24) is 9.97 Å². The second-order valence-electron chi connectivity index (χ2n) is 5.03. The van der Waals surface area contributed by atoms with E-state index in [1.54, 1.807) is 23.9 Å². The van der Waals surface area contributed by atoms with Crippen molar-refractivity contribution in [1.29, 1.82) is 0 Å². The number of aromatic nitrogens is 2. The monoisotopic (exact) mass is 436 g/mol. The van der Waals surface area contributed by atoms with Gasteiger partial charge in [0.15, 0.2) is 0 Å². The van der Waals surface area contributed by atoms with Gasteiger partial charge in [0.05, 0.1) is 15.0 Å². The molecule has 0 atom stereocenters. The fourth-order valence-corrected chi connectivity index (χ4v) is 3.20. The summed E-state index contributed by atoms with van der Waals surface area (Å²) in [5.41, 5.74) is 1.00. The van der Waals surface area contributed by atoms with E-state index in [9.17, 15) is 4.39 Å². The van der Waals surface area contributed by atoms with E-state index in [0.29, 0.717) is 22.6 Å². The SMILES string of the molecule is CC(C)Cc1nc(CSc2ccc(F)cc2)nc(Cl)c1I. The molecule has 112 valence electrons. The predicted molar refractivity (Wildman–Crippen MR) is 94.3 cm³/mol. The largest absolute Gasteiger partial charge is 0.236 e. The van der Waals surface area contributed by atoms with E-state index in [1.807, 2.05) is 0 Å². The van der Waals surface area contributed by atoms with Gasteiger partial charge in [0, 0.05) is 4.90 Å². The highest BCUT2D eigenvalue weighted by Gasteiger charge is 2.12. The number of halogens is 3. The minimum Gasteiger partial charge on any atom is -0.236 e. The Kier molecular flexibility index (Phi) is 6.25. The van der Waals surface area contributed by atoms with Crippen LogP contribution in [0, 0.1) is 15.3 Å². The van der Waals surface area contributed by atoms with Gasteiger partial charge in [-0.3, -0.25) is 0 Å². The molecule has 1 aromatic carbocycles. The molecule has 0 saturated carbocycles. The molecular weight excluding hydrogens is 422 g/mol. The summed E-state index contributed by atoms with van der Waals surface area (Å²) < 4.78 is 13.8. The average molecular weight is 437 g/mol. The fourth-order valence-electron chi connectivity index (χ4n) is 1.78. The zero-order valence-electron chi connectivity index (χ0n) is 11.7. The Hall–Kier alpha value is -0.400. The van der Waals surface area contributed by atoms with Gasteiger partial charge in [-0.2, -0.15) is 0 Å². The second kappa shape index (κ2) is 7.74. The molecule has 0 spiro atoms. The first-order valence-corrected chi connectivity index (χ1v) is 8.99. The van der Waals surface area contributed by atoms with Crippen molar-refractivity contribution < 1.29 is 4.39 Å². The zero-order valence-corrected chi connectivity index (χ0v) is 15.5. The van der Waals surface area contributed by atoms with Gasteiger partial charge in [0.1, 0.15) is 16.8 Å². The molecule has 0 amide bonds. The lowest BCUT2D eigenvalue weighted by molar-refractivity contribution is 0.626. The molecule has 1 aromatic heterocycles. The normalized spacial score (nSPS) is 11.1. The van der Waals surface area contributed by atoms with Crippen LogP contribution in [-0.2, 0) is 12.2 Å². The molecule has 1 heterocycles. The summed E-state index contributed by atoms with van der Waals surface area (Å²) >= 11 is 9.95. The number of thioether (sulfide) groups is 1. The summed E-state index contributed by atoms with van der Waals surface area (Å²) in [4.78, 5) is 9.92. The third-order valence-corrected chi connectivity index (χ3v) is 5.44. The maximum absolute atomic E-state index is 12.9. The lowest BCUT2D eigenvalue weighted by Crippen LogP contribution is -2.06. The molecule has 0 aliphatic heterocycles. The van der Waals surface area contributed by atoms with Gasteiger partial charge in [0.2, 0.25) is 0 Å². The van der Waals surface area contributed by atoms with Crippen LogP contribution in [-0.4, -0.2) is 9.97 Å². The molecule has 0 unspecified atom stereocenters. The van der Waals surface area contributed by atoms with E-state index in [2.05, 4.69) is 46.4 Å². The Morgan fingerprint density at radius 2 is 1.90 bits per heavy atom. The lowest BCUT2D eigenvalue weighted by atomic mass is 10.1. The molecule has 2 aromatic rings. The van der Waals surface area contributed by atoms with E-state index in [0.717, 1.165) is 20.6 Å².